The molecular weight excluding hydrogens is 364 g/mol. The van der Waals surface area contributed by atoms with Crippen LogP contribution in [0.1, 0.15) is 27.2 Å². The van der Waals surface area contributed by atoms with Gasteiger partial charge in [-0.2, -0.15) is 0 Å². The van der Waals surface area contributed by atoms with Crippen molar-refractivity contribution in [2.75, 3.05) is 17.7 Å². The molecule has 0 saturated carbocycles. The van der Waals surface area contributed by atoms with E-state index in [0.29, 0.717) is 23.8 Å². The number of carbonyl (C=O) groups excluding carboxylic acids is 1. The summed E-state index contributed by atoms with van der Waals surface area (Å²) in [6.45, 7) is 0.713. The van der Waals surface area contributed by atoms with Crippen LogP contribution < -0.4 is 21.1 Å². The lowest BCUT2D eigenvalue weighted by Crippen LogP contribution is -2.35. The lowest BCUT2D eigenvalue weighted by Gasteiger charge is -2.13. The molecule has 4 N–H and O–H groups in total. The highest BCUT2D eigenvalue weighted by molar-refractivity contribution is 5.94. The second-order valence-corrected chi connectivity index (χ2v) is 7.56. The van der Waals surface area contributed by atoms with Gasteiger partial charge in [0.1, 0.15) is 17.3 Å². The summed E-state index contributed by atoms with van der Waals surface area (Å²) in [6.07, 6.45) is 2.58. The van der Waals surface area contributed by atoms with Crippen molar-refractivity contribution in [1.82, 2.24) is 10.3 Å². The minimum Gasteiger partial charge on any atom is -0.493 e. The number of hydrogen-bond donors (Lipinski definition) is 3. The molecule has 1 amide bonds. The van der Waals surface area contributed by atoms with Crippen molar-refractivity contribution in [2.24, 2.45) is 0 Å². The van der Waals surface area contributed by atoms with Gasteiger partial charge in [0.15, 0.2) is 0 Å². The fraction of sp³-hybridized carbons (Fsp3) is 0.217. The molecule has 3 aromatic rings. The van der Waals surface area contributed by atoms with E-state index in [1.54, 1.807) is 12.1 Å². The number of fused-ring (bicyclic) bond motifs is 2. The predicted molar refractivity (Wildman–Crippen MR) is 113 cm³/mol. The normalized spacial score (nSPS) is 14.8. The SMILES string of the molecule is Nc1cc(Nc2ccc3c(c2)CCO3)nc(C(=O)NC2Cc3ccccc3C2)c1. The lowest BCUT2D eigenvalue weighted by atomic mass is 10.1. The van der Waals surface area contributed by atoms with Gasteiger partial charge in [-0.05, 0) is 53.8 Å². The summed E-state index contributed by atoms with van der Waals surface area (Å²) in [5, 5.41) is 6.34. The van der Waals surface area contributed by atoms with Crippen LogP contribution in [0.3, 0.4) is 0 Å². The van der Waals surface area contributed by atoms with Gasteiger partial charge in [-0.1, -0.05) is 24.3 Å². The smallest absolute Gasteiger partial charge is 0.270 e. The van der Waals surface area contributed by atoms with Gasteiger partial charge >= 0.3 is 0 Å². The third kappa shape index (κ3) is 3.61. The molecule has 146 valence electrons. The highest BCUT2D eigenvalue weighted by Crippen LogP contribution is 2.29. The highest BCUT2D eigenvalue weighted by atomic mass is 16.5. The molecule has 5 rings (SSSR count). The summed E-state index contributed by atoms with van der Waals surface area (Å²) < 4.78 is 5.54. The van der Waals surface area contributed by atoms with Crippen molar-refractivity contribution in [2.45, 2.75) is 25.3 Å². The zero-order valence-corrected chi connectivity index (χ0v) is 15.9. The lowest BCUT2D eigenvalue weighted by molar-refractivity contribution is 0.0933. The Kier molecular flexibility index (Phi) is 4.31. The first-order valence-electron chi connectivity index (χ1n) is 9.82. The molecule has 2 aliphatic rings. The number of carbonyl (C=O) groups is 1. The van der Waals surface area contributed by atoms with Crippen molar-refractivity contribution in [3.05, 3.63) is 77.0 Å². The van der Waals surface area contributed by atoms with Gasteiger partial charge in [0, 0.05) is 29.9 Å². The van der Waals surface area contributed by atoms with Crippen molar-refractivity contribution in [3.63, 3.8) is 0 Å². The molecule has 0 fully saturated rings. The van der Waals surface area contributed by atoms with Crippen molar-refractivity contribution in [1.29, 1.82) is 0 Å². The number of nitrogens with one attached hydrogen (secondary N) is 2. The van der Waals surface area contributed by atoms with Crippen LogP contribution in [0, 0.1) is 0 Å². The number of aromatic nitrogens is 1. The van der Waals surface area contributed by atoms with Gasteiger partial charge in [-0.15, -0.1) is 0 Å². The number of nitrogen functional groups attached to an aromatic ring is 1. The van der Waals surface area contributed by atoms with Gasteiger partial charge in [0.05, 0.1) is 6.61 Å². The van der Waals surface area contributed by atoms with Gasteiger partial charge in [0.25, 0.3) is 5.91 Å². The molecule has 2 aromatic carbocycles. The Bertz CT molecular complexity index is 1070. The average Bonchev–Trinajstić information content (AvgIpc) is 3.33. The first-order chi connectivity index (χ1) is 14.1. The monoisotopic (exact) mass is 386 g/mol. The Morgan fingerprint density at radius 2 is 1.83 bits per heavy atom. The Labute approximate surface area is 169 Å². The van der Waals surface area contributed by atoms with Crippen molar-refractivity contribution in [3.8, 4) is 5.75 Å². The number of amides is 1. The zero-order valence-electron chi connectivity index (χ0n) is 15.9. The Balaban J connectivity index is 1.31. The fourth-order valence-electron chi connectivity index (χ4n) is 4.06. The molecule has 1 aliphatic heterocycles. The summed E-state index contributed by atoms with van der Waals surface area (Å²) in [4.78, 5) is 17.3. The minimum absolute atomic E-state index is 0.0799. The number of benzene rings is 2. The molecular formula is C23H22N4O2. The summed E-state index contributed by atoms with van der Waals surface area (Å²) in [5.74, 6) is 1.26. The van der Waals surface area contributed by atoms with E-state index in [4.69, 9.17) is 10.5 Å². The van der Waals surface area contributed by atoms with Crippen LogP contribution in [-0.2, 0) is 19.3 Å². The number of rotatable bonds is 4. The largest absolute Gasteiger partial charge is 0.493 e. The minimum atomic E-state index is -0.208. The van der Waals surface area contributed by atoms with E-state index in [1.807, 2.05) is 30.3 Å². The third-order valence-electron chi connectivity index (χ3n) is 5.43. The molecule has 1 aliphatic carbocycles. The number of hydrogen-bond acceptors (Lipinski definition) is 5. The van der Waals surface area contributed by atoms with Crippen LogP contribution >= 0.6 is 0 Å². The van der Waals surface area contributed by atoms with Gasteiger partial charge in [0.2, 0.25) is 0 Å². The van der Waals surface area contributed by atoms with E-state index in [-0.39, 0.29) is 11.9 Å². The molecule has 0 radical (unpaired) electrons. The molecule has 0 bridgehead atoms. The number of pyridine rings is 1. The van der Waals surface area contributed by atoms with Crippen LogP contribution in [0.2, 0.25) is 0 Å². The van der Waals surface area contributed by atoms with Crippen molar-refractivity contribution >= 4 is 23.1 Å². The van der Waals surface area contributed by atoms with Crippen LogP contribution in [0.25, 0.3) is 0 Å². The molecule has 29 heavy (non-hydrogen) atoms. The maximum atomic E-state index is 12.8. The molecule has 6 nitrogen and oxygen atoms in total. The van der Waals surface area contributed by atoms with Crippen LogP contribution in [-0.4, -0.2) is 23.5 Å². The molecule has 2 heterocycles. The van der Waals surface area contributed by atoms with E-state index >= 15 is 0 Å². The summed E-state index contributed by atoms with van der Waals surface area (Å²) in [6, 6.07) is 17.6. The molecule has 0 atom stereocenters. The second kappa shape index (κ2) is 7.13. The van der Waals surface area contributed by atoms with Crippen LogP contribution in [0.15, 0.2) is 54.6 Å². The molecule has 6 heteroatoms. The maximum Gasteiger partial charge on any atom is 0.270 e. The van der Waals surface area contributed by atoms with Crippen LogP contribution in [0.5, 0.6) is 5.75 Å². The van der Waals surface area contributed by atoms with E-state index in [2.05, 4.69) is 27.8 Å². The molecule has 0 saturated heterocycles. The molecule has 0 spiro atoms. The highest BCUT2D eigenvalue weighted by Gasteiger charge is 2.23. The van der Waals surface area contributed by atoms with E-state index in [0.717, 1.165) is 36.3 Å². The Morgan fingerprint density at radius 1 is 1.03 bits per heavy atom. The summed E-state index contributed by atoms with van der Waals surface area (Å²) in [5.41, 5.74) is 11.5. The maximum absolute atomic E-state index is 12.8. The standard InChI is InChI=1S/C23H22N4O2/c24-17-12-20(23(28)26-19-9-14-3-1-2-4-15(14)10-19)27-22(13-17)25-18-5-6-21-16(11-18)7-8-29-21/h1-6,11-13,19H,7-10H2,(H,26,28)(H3,24,25,27). The van der Waals surface area contributed by atoms with Gasteiger partial charge < -0.3 is 21.1 Å². The summed E-state index contributed by atoms with van der Waals surface area (Å²) in [7, 11) is 0. The van der Waals surface area contributed by atoms with E-state index < -0.39 is 0 Å². The fourth-order valence-corrected chi connectivity index (χ4v) is 4.06. The van der Waals surface area contributed by atoms with E-state index in [1.165, 1.54) is 11.1 Å². The zero-order chi connectivity index (χ0) is 19.8. The van der Waals surface area contributed by atoms with Gasteiger partial charge in [-0.3, -0.25) is 4.79 Å². The topological polar surface area (TPSA) is 89.3 Å². The second-order valence-electron chi connectivity index (χ2n) is 7.56. The van der Waals surface area contributed by atoms with Gasteiger partial charge in [-0.25, -0.2) is 4.98 Å². The molecule has 0 unspecified atom stereocenters. The number of nitrogens with zero attached hydrogens (tertiary/aromatic N) is 1. The summed E-state index contributed by atoms with van der Waals surface area (Å²) >= 11 is 0. The average molecular weight is 386 g/mol. The first-order valence-corrected chi connectivity index (χ1v) is 9.82. The third-order valence-corrected chi connectivity index (χ3v) is 5.43. The Morgan fingerprint density at radius 3 is 2.62 bits per heavy atom. The quantitative estimate of drug-likeness (QED) is 0.641. The number of nitrogens with two attached hydrogens (primary N) is 1. The first kappa shape index (κ1) is 17.6. The molecule has 1 aromatic heterocycles. The van der Waals surface area contributed by atoms with E-state index in [9.17, 15) is 4.79 Å². The number of anilines is 3. The Hall–Kier alpha value is -3.54. The predicted octanol–water partition coefficient (Wildman–Crippen LogP) is 3.24. The number of ether oxygens (including phenoxy) is 1. The van der Waals surface area contributed by atoms with Crippen LogP contribution in [0.4, 0.5) is 17.2 Å². The van der Waals surface area contributed by atoms with Crippen molar-refractivity contribution < 1.29 is 9.53 Å².